The molecular formula is C20H30N2O2S. The smallest absolute Gasteiger partial charge is 0.223 e. The van der Waals surface area contributed by atoms with Crippen LogP contribution in [0.15, 0.2) is 29.2 Å². The molecule has 0 saturated carbocycles. The van der Waals surface area contributed by atoms with Crippen LogP contribution in [0.1, 0.15) is 31.2 Å². The number of benzene rings is 1. The van der Waals surface area contributed by atoms with Crippen LogP contribution in [-0.4, -0.2) is 61.9 Å². The molecule has 2 fully saturated rings. The molecule has 1 aromatic rings. The molecule has 0 bridgehead atoms. The first-order valence-electron chi connectivity index (χ1n) is 9.26. The number of carbonyl (C=O) groups is 1. The number of rotatable bonds is 7. The first-order chi connectivity index (χ1) is 12.1. The Morgan fingerprint density at radius 2 is 2.08 bits per heavy atom. The predicted molar refractivity (Wildman–Crippen MR) is 103 cm³/mol. The van der Waals surface area contributed by atoms with E-state index in [1.807, 2.05) is 0 Å². The lowest BCUT2D eigenvalue weighted by molar-refractivity contribution is -0.128. The van der Waals surface area contributed by atoms with Crippen molar-refractivity contribution >= 4 is 17.7 Å². The normalized spacial score (nSPS) is 20.6. The minimum absolute atomic E-state index is 0.224. The van der Waals surface area contributed by atoms with Crippen LogP contribution in [0.2, 0.25) is 0 Å². The topological polar surface area (TPSA) is 32.8 Å². The van der Waals surface area contributed by atoms with Crippen LogP contribution in [-0.2, 0) is 16.1 Å². The summed E-state index contributed by atoms with van der Waals surface area (Å²) in [5.41, 5.74) is 1.62. The largest absolute Gasteiger partial charge is 0.385 e. The Hall–Kier alpha value is -1.04. The molecule has 0 unspecified atom stereocenters. The highest BCUT2D eigenvalue weighted by atomic mass is 32.2. The monoisotopic (exact) mass is 362 g/mol. The second kappa shape index (κ2) is 8.56. The van der Waals surface area contributed by atoms with E-state index in [4.69, 9.17) is 4.74 Å². The minimum atomic E-state index is 0.224. The van der Waals surface area contributed by atoms with Gasteiger partial charge in [-0.05, 0) is 61.7 Å². The quantitative estimate of drug-likeness (QED) is 0.551. The molecule has 2 saturated heterocycles. The first kappa shape index (κ1) is 18.7. The summed E-state index contributed by atoms with van der Waals surface area (Å²) in [4.78, 5) is 18.3. The number of nitrogens with zero attached hydrogens (tertiary/aromatic N) is 2. The minimum Gasteiger partial charge on any atom is -0.385 e. The highest BCUT2D eigenvalue weighted by Gasteiger charge is 2.44. The Labute approximate surface area is 155 Å². The molecule has 3 rings (SSSR count). The zero-order valence-electron chi connectivity index (χ0n) is 15.5. The first-order valence-corrected chi connectivity index (χ1v) is 10.5. The van der Waals surface area contributed by atoms with Gasteiger partial charge in [0.15, 0.2) is 0 Å². The van der Waals surface area contributed by atoms with Crippen molar-refractivity contribution < 1.29 is 9.53 Å². The Bertz CT molecular complexity index is 585. The molecule has 1 amide bonds. The maximum Gasteiger partial charge on any atom is 0.223 e. The molecule has 0 aliphatic carbocycles. The van der Waals surface area contributed by atoms with Crippen molar-refractivity contribution in [3.8, 4) is 0 Å². The van der Waals surface area contributed by atoms with E-state index in [1.165, 1.54) is 10.5 Å². The van der Waals surface area contributed by atoms with Gasteiger partial charge >= 0.3 is 0 Å². The summed E-state index contributed by atoms with van der Waals surface area (Å²) in [6.45, 7) is 5.76. The number of carbonyl (C=O) groups excluding carboxylic acids is 1. The van der Waals surface area contributed by atoms with E-state index < -0.39 is 0 Å². The molecule has 0 N–H and O–H groups in total. The standard InChI is InChI=1S/C20H30N2O2S/c1-24-12-4-9-22-16-20(14-19(22)23)7-10-21(11-8-20)15-17-5-3-6-18(13-17)25-2/h3,5-6,13H,4,7-12,14-16H2,1-2H3. The number of hydrogen-bond donors (Lipinski definition) is 0. The van der Waals surface area contributed by atoms with Crippen LogP contribution in [0.5, 0.6) is 0 Å². The van der Waals surface area contributed by atoms with Crippen molar-refractivity contribution in [3.05, 3.63) is 29.8 Å². The maximum atomic E-state index is 12.4. The molecule has 0 radical (unpaired) electrons. The van der Waals surface area contributed by atoms with Gasteiger partial charge in [0.1, 0.15) is 0 Å². The van der Waals surface area contributed by atoms with Gasteiger partial charge in [-0.25, -0.2) is 0 Å². The second-order valence-electron chi connectivity index (χ2n) is 7.47. The lowest BCUT2D eigenvalue weighted by atomic mass is 9.77. The van der Waals surface area contributed by atoms with Gasteiger partial charge < -0.3 is 9.64 Å². The molecule has 2 aliphatic heterocycles. The summed E-state index contributed by atoms with van der Waals surface area (Å²) < 4.78 is 5.11. The summed E-state index contributed by atoms with van der Waals surface area (Å²) in [6, 6.07) is 8.84. The van der Waals surface area contributed by atoms with E-state index in [0.29, 0.717) is 5.91 Å². The lowest BCUT2D eigenvalue weighted by Crippen LogP contribution is -2.41. The van der Waals surface area contributed by atoms with Crippen LogP contribution in [0.3, 0.4) is 0 Å². The summed E-state index contributed by atoms with van der Waals surface area (Å²) in [7, 11) is 1.72. The van der Waals surface area contributed by atoms with Crippen LogP contribution in [0.4, 0.5) is 0 Å². The van der Waals surface area contributed by atoms with Crippen molar-refractivity contribution in [3.63, 3.8) is 0 Å². The fourth-order valence-corrected chi connectivity index (χ4v) is 4.62. The van der Waals surface area contributed by atoms with E-state index in [0.717, 1.165) is 65.0 Å². The summed E-state index contributed by atoms with van der Waals surface area (Å²) in [6.07, 6.45) is 6.09. The van der Waals surface area contributed by atoms with E-state index in [9.17, 15) is 4.79 Å². The number of methoxy groups -OCH3 is 1. The SMILES string of the molecule is COCCCN1CC2(CCN(Cc3cccc(SC)c3)CC2)CC1=O. The van der Waals surface area contributed by atoms with Crippen molar-refractivity contribution in [2.24, 2.45) is 5.41 Å². The van der Waals surface area contributed by atoms with Gasteiger partial charge in [0.2, 0.25) is 5.91 Å². The molecule has 25 heavy (non-hydrogen) atoms. The van der Waals surface area contributed by atoms with Gasteiger partial charge in [-0.3, -0.25) is 9.69 Å². The van der Waals surface area contributed by atoms with Gasteiger partial charge in [0.25, 0.3) is 0 Å². The molecule has 1 spiro atoms. The highest BCUT2D eigenvalue weighted by Crippen LogP contribution is 2.41. The van der Waals surface area contributed by atoms with Crippen molar-refractivity contribution in [2.45, 2.75) is 37.1 Å². The van der Waals surface area contributed by atoms with E-state index in [1.54, 1.807) is 18.9 Å². The molecule has 0 aromatic heterocycles. The van der Waals surface area contributed by atoms with Crippen LogP contribution < -0.4 is 0 Å². The van der Waals surface area contributed by atoms with Gasteiger partial charge in [-0.2, -0.15) is 0 Å². The molecule has 4 nitrogen and oxygen atoms in total. The van der Waals surface area contributed by atoms with Crippen molar-refractivity contribution in [2.75, 3.05) is 46.2 Å². The van der Waals surface area contributed by atoms with Crippen LogP contribution >= 0.6 is 11.8 Å². The number of thioether (sulfide) groups is 1. The summed E-state index contributed by atoms with van der Waals surface area (Å²) in [5, 5.41) is 0. The van der Waals surface area contributed by atoms with E-state index in [2.05, 4.69) is 40.3 Å². The third-order valence-electron chi connectivity index (χ3n) is 5.64. The summed E-state index contributed by atoms with van der Waals surface area (Å²) >= 11 is 1.80. The van der Waals surface area contributed by atoms with E-state index in [-0.39, 0.29) is 5.41 Å². The highest BCUT2D eigenvalue weighted by molar-refractivity contribution is 7.98. The fourth-order valence-electron chi connectivity index (χ4n) is 4.13. The van der Waals surface area contributed by atoms with Gasteiger partial charge in [-0.15, -0.1) is 11.8 Å². The van der Waals surface area contributed by atoms with Crippen LogP contribution in [0.25, 0.3) is 0 Å². The Morgan fingerprint density at radius 3 is 2.80 bits per heavy atom. The Balaban J connectivity index is 1.50. The Kier molecular flexibility index (Phi) is 6.42. The molecule has 0 atom stereocenters. The number of hydrogen-bond acceptors (Lipinski definition) is 4. The molecule has 2 aliphatic rings. The Morgan fingerprint density at radius 1 is 1.28 bits per heavy atom. The van der Waals surface area contributed by atoms with Gasteiger partial charge in [0, 0.05) is 44.7 Å². The molecule has 5 heteroatoms. The van der Waals surface area contributed by atoms with Gasteiger partial charge in [0.05, 0.1) is 0 Å². The summed E-state index contributed by atoms with van der Waals surface area (Å²) in [5.74, 6) is 0.345. The van der Waals surface area contributed by atoms with Crippen molar-refractivity contribution in [1.82, 2.24) is 9.80 Å². The third-order valence-corrected chi connectivity index (χ3v) is 6.36. The third kappa shape index (κ3) is 4.78. The van der Waals surface area contributed by atoms with Crippen molar-refractivity contribution in [1.29, 1.82) is 0 Å². The van der Waals surface area contributed by atoms with E-state index >= 15 is 0 Å². The second-order valence-corrected chi connectivity index (χ2v) is 8.35. The number of piperidine rings is 1. The molecular weight excluding hydrogens is 332 g/mol. The molecule has 1 aromatic carbocycles. The number of likely N-dealkylation sites (tertiary alicyclic amines) is 2. The van der Waals surface area contributed by atoms with Crippen LogP contribution in [0, 0.1) is 5.41 Å². The maximum absolute atomic E-state index is 12.4. The number of ether oxygens (including phenoxy) is 1. The number of amides is 1. The molecule has 2 heterocycles. The van der Waals surface area contributed by atoms with Gasteiger partial charge in [-0.1, -0.05) is 12.1 Å². The zero-order chi connectivity index (χ0) is 17.7. The lowest BCUT2D eigenvalue weighted by Gasteiger charge is -2.39. The average molecular weight is 363 g/mol. The average Bonchev–Trinajstić information content (AvgIpc) is 2.93. The zero-order valence-corrected chi connectivity index (χ0v) is 16.3. The fraction of sp³-hybridized carbons (Fsp3) is 0.650. The predicted octanol–water partition coefficient (Wildman–Crippen LogP) is 3.26. The molecule has 138 valence electrons.